The highest BCUT2D eigenvalue weighted by atomic mass is 32.1. The molecular formula is C11H20N4S. The van der Waals surface area contributed by atoms with Crippen molar-refractivity contribution >= 4 is 23.0 Å². The Balaban J connectivity index is 3.07. The third-order valence-electron chi connectivity index (χ3n) is 2.83. The molecule has 0 aliphatic carbocycles. The van der Waals surface area contributed by atoms with Crippen molar-refractivity contribution < 1.29 is 0 Å². The zero-order valence-electron chi connectivity index (χ0n) is 10.5. The van der Waals surface area contributed by atoms with Gasteiger partial charge in [-0.05, 0) is 19.8 Å². The Labute approximate surface area is 102 Å². The fraction of sp³-hybridized carbons (Fsp3) is 0.636. The SMILES string of the molecule is Cc1nn(C)c(NC(C)C(C)C)c1C(N)=S. The second kappa shape index (κ2) is 4.82. The Morgan fingerprint density at radius 1 is 1.44 bits per heavy atom. The molecule has 0 fully saturated rings. The minimum absolute atomic E-state index is 0.350. The van der Waals surface area contributed by atoms with E-state index in [2.05, 4.69) is 31.2 Å². The van der Waals surface area contributed by atoms with Crippen molar-refractivity contribution in [2.24, 2.45) is 18.7 Å². The summed E-state index contributed by atoms with van der Waals surface area (Å²) in [6.45, 7) is 8.39. The van der Waals surface area contributed by atoms with E-state index in [1.165, 1.54) is 0 Å². The molecule has 1 heterocycles. The summed E-state index contributed by atoms with van der Waals surface area (Å²) in [6.07, 6.45) is 0. The van der Waals surface area contributed by atoms with Gasteiger partial charge < -0.3 is 11.1 Å². The zero-order valence-corrected chi connectivity index (χ0v) is 11.4. The van der Waals surface area contributed by atoms with Gasteiger partial charge in [-0.25, -0.2) is 0 Å². The maximum absolute atomic E-state index is 5.72. The molecule has 0 aromatic carbocycles. The van der Waals surface area contributed by atoms with Crippen LogP contribution in [0.2, 0.25) is 0 Å². The zero-order chi connectivity index (χ0) is 12.5. The molecule has 0 radical (unpaired) electrons. The van der Waals surface area contributed by atoms with Gasteiger partial charge in [0, 0.05) is 13.1 Å². The summed E-state index contributed by atoms with van der Waals surface area (Å²) in [5.41, 5.74) is 7.44. The number of thiocarbonyl (C=S) groups is 1. The van der Waals surface area contributed by atoms with Gasteiger partial charge in [0.15, 0.2) is 0 Å². The molecule has 0 amide bonds. The van der Waals surface area contributed by atoms with Crippen LogP contribution in [0.4, 0.5) is 5.82 Å². The van der Waals surface area contributed by atoms with Crippen molar-refractivity contribution in [2.45, 2.75) is 33.7 Å². The first-order chi connectivity index (χ1) is 7.34. The second-order valence-electron chi connectivity index (χ2n) is 4.47. The maximum Gasteiger partial charge on any atom is 0.134 e. The molecule has 1 unspecified atom stereocenters. The largest absolute Gasteiger partial charge is 0.389 e. The van der Waals surface area contributed by atoms with Gasteiger partial charge in [0.05, 0.1) is 11.3 Å². The van der Waals surface area contributed by atoms with Crippen LogP contribution in [0.25, 0.3) is 0 Å². The first kappa shape index (κ1) is 13.0. The Kier molecular flexibility index (Phi) is 3.91. The average molecular weight is 240 g/mol. The van der Waals surface area contributed by atoms with Crippen LogP contribution in [0.1, 0.15) is 32.0 Å². The molecule has 1 aromatic rings. The first-order valence-electron chi connectivity index (χ1n) is 5.44. The molecule has 0 aliphatic heterocycles. The maximum atomic E-state index is 5.72. The van der Waals surface area contributed by atoms with E-state index >= 15 is 0 Å². The molecule has 0 aliphatic rings. The minimum Gasteiger partial charge on any atom is -0.389 e. The lowest BCUT2D eigenvalue weighted by molar-refractivity contribution is 0.553. The van der Waals surface area contributed by atoms with Crippen LogP contribution in [0.5, 0.6) is 0 Å². The lowest BCUT2D eigenvalue weighted by Crippen LogP contribution is -2.25. The van der Waals surface area contributed by atoms with Crippen LogP contribution in [0, 0.1) is 12.8 Å². The number of nitrogens with one attached hydrogen (secondary N) is 1. The highest BCUT2D eigenvalue weighted by Gasteiger charge is 2.18. The van der Waals surface area contributed by atoms with Gasteiger partial charge in [0.2, 0.25) is 0 Å². The van der Waals surface area contributed by atoms with Crippen molar-refractivity contribution in [3.63, 3.8) is 0 Å². The van der Waals surface area contributed by atoms with Gasteiger partial charge in [-0.2, -0.15) is 5.10 Å². The lowest BCUT2D eigenvalue weighted by Gasteiger charge is -2.19. The number of nitrogens with zero attached hydrogens (tertiary/aromatic N) is 2. The average Bonchev–Trinajstić information content (AvgIpc) is 2.41. The predicted molar refractivity (Wildman–Crippen MR) is 71.8 cm³/mol. The number of aryl methyl sites for hydroxylation is 2. The molecule has 90 valence electrons. The van der Waals surface area contributed by atoms with Gasteiger partial charge in [-0.15, -0.1) is 0 Å². The van der Waals surface area contributed by atoms with Crippen molar-refractivity contribution in [1.29, 1.82) is 0 Å². The molecule has 0 saturated carbocycles. The molecule has 1 aromatic heterocycles. The van der Waals surface area contributed by atoms with Crippen LogP contribution in [-0.2, 0) is 7.05 Å². The third kappa shape index (κ3) is 2.52. The Bertz CT molecular complexity index is 395. The first-order valence-corrected chi connectivity index (χ1v) is 5.85. The highest BCUT2D eigenvalue weighted by molar-refractivity contribution is 7.80. The Morgan fingerprint density at radius 3 is 2.44 bits per heavy atom. The molecule has 3 N–H and O–H groups in total. The van der Waals surface area contributed by atoms with E-state index in [1.807, 2.05) is 14.0 Å². The summed E-state index contributed by atoms with van der Waals surface area (Å²) < 4.78 is 1.79. The summed E-state index contributed by atoms with van der Waals surface area (Å²) in [5.74, 6) is 1.45. The number of aromatic nitrogens is 2. The fourth-order valence-corrected chi connectivity index (χ4v) is 1.75. The quantitative estimate of drug-likeness (QED) is 0.788. The van der Waals surface area contributed by atoms with Crippen LogP contribution in [0.3, 0.4) is 0 Å². The topological polar surface area (TPSA) is 55.9 Å². The monoisotopic (exact) mass is 240 g/mol. The Morgan fingerprint density at radius 2 is 2.00 bits per heavy atom. The van der Waals surface area contributed by atoms with Crippen molar-refractivity contribution in [3.05, 3.63) is 11.3 Å². The van der Waals surface area contributed by atoms with E-state index in [1.54, 1.807) is 4.68 Å². The van der Waals surface area contributed by atoms with Crippen molar-refractivity contribution in [1.82, 2.24) is 9.78 Å². The molecule has 16 heavy (non-hydrogen) atoms. The minimum atomic E-state index is 0.350. The van der Waals surface area contributed by atoms with Gasteiger partial charge in [0.1, 0.15) is 10.8 Å². The van der Waals surface area contributed by atoms with E-state index in [9.17, 15) is 0 Å². The molecule has 5 heteroatoms. The van der Waals surface area contributed by atoms with E-state index in [0.29, 0.717) is 16.9 Å². The number of anilines is 1. The van der Waals surface area contributed by atoms with E-state index in [0.717, 1.165) is 17.1 Å². The van der Waals surface area contributed by atoms with E-state index in [4.69, 9.17) is 18.0 Å². The summed E-state index contributed by atoms with van der Waals surface area (Å²) in [4.78, 5) is 0.393. The molecule has 0 saturated heterocycles. The lowest BCUT2D eigenvalue weighted by atomic mass is 10.1. The van der Waals surface area contributed by atoms with Gasteiger partial charge in [-0.1, -0.05) is 26.1 Å². The van der Waals surface area contributed by atoms with Gasteiger partial charge in [-0.3, -0.25) is 4.68 Å². The summed E-state index contributed by atoms with van der Waals surface area (Å²) in [7, 11) is 1.89. The molecular weight excluding hydrogens is 220 g/mol. The van der Waals surface area contributed by atoms with Gasteiger partial charge >= 0.3 is 0 Å². The number of rotatable bonds is 4. The molecule has 1 rings (SSSR count). The van der Waals surface area contributed by atoms with Crippen molar-refractivity contribution in [2.75, 3.05) is 5.32 Å². The van der Waals surface area contributed by atoms with Crippen LogP contribution in [0.15, 0.2) is 0 Å². The summed E-state index contributed by atoms with van der Waals surface area (Å²) in [6, 6.07) is 0.350. The normalized spacial score (nSPS) is 12.9. The molecule has 1 atom stereocenters. The summed E-state index contributed by atoms with van der Waals surface area (Å²) >= 11 is 5.05. The highest BCUT2D eigenvalue weighted by Crippen LogP contribution is 2.20. The molecule has 4 nitrogen and oxygen atoms in total. The summed E-state index contributed by atoms with van der Waals surface area (Å²) in [5, 5.41) is 7.74. The van der Waals surface area contributed by atoms with Crippen LogP contribution < -0.4 is 11.1 Å². The number of hydrogen-bond donors (Lipinski definition) is 2. The predicted octanol–water partition coefficient (Wildman–Crippen LogP) is 1.82. The third-order valence-corrected chi connectivity index (χ3v) is 3.04. The van der Waals surface area contributed by atoms with Crippen molar-refractivity contribution in [3.8, 4) is 0 Å². The van der Waals surface area contributed by atoms with Gasteiger partial charge in [0.25, 0.3) is 0 Å². The standard InChI is InChI=1S/C11H20N4S/c1-6(2)7(3)13-11-9(10(12)16)8(4)14-15(11)5/h6-7,13H,1-5H3,(H2,12,16). The van der Waals surface area contributed by atoms with Crippen LogP contribution >= 0.6 is 12.2 Å². The number of hydrogen-bond acceptors (Lipinski definition) is 3. The number of nitrogens with two attached hydrogens (primary N) is 1. The molecule has 0 bridgehead atoms. The smallest absolute Gasteiger partial charge is 0.134 e. The van der Waals surface area contributed by atoms with E-state index < -0.39 is 0 Å². The van der Waals surface area contributed by atoms with E-state index in [-0.39, 0.29) is 0 Å². The van der Waals surface area contributed by atoms with Crippen LogP contribution in [-0.4, -0.2) is 20.8 Å². The fourth-order valence-electron chi connectivity index (χ4n) is 1.50. The second-order valence-corrected chi connectivity index (χ2v) is 4.91. The molecule has 0 spiro atoms. The Hall–Kier alpha value is -1.10.